The lowest BCUT2D eigenvalue weighted by molar-refractivity contribution is -0.284. The SMILES string of the molecule is Cc1ccc(-c2nnc(SCCCC(=O)NC3COC(C)(C)OC3c3ccccc3)n2-c2ccccc2C)cc1. The molecule has 1 amide bonds. The molecule has 0 bridgehead atoms. The maximum atomic E-state index is 12.9. The summed E-state index contributed by atoms with van der Waals surface area (Å²) in [4.78, 5) is 12.9. The van der Waals surface area contributed by atoms with Gasteiger partial charge in [-0.05, 0) is 51.3 Å². The van der Waals surface area contributed by atoms with E-state index in [2.05, 4.69) is 70.3 Å². The lowest BCUT2D eigenvalue weighted by Crippen LogP contribution is -2.51. The molecule has 1 aliphatic rings. The molecule has 7 nitrogen and oxygen atoms in total. The first kappa shape index (κ1) is 28.1. The summed E-state index contributed by atoms with van der Waals surface area (Å²) in [7, 11) is 0. The number of carbonyl (C=O) groups is 1. The number of nitrogens with zero attached hydrogens (tertiary/aromatic N) is 3. The van der Waals surface area contributed by atoms with Gasteiger partial charge in [-0.25, -0.2) is 0 Å². The Morgan fingerprint density at radius 3 is 2.48 bits per heavy atom. The van der Waals surface area contributed by atoms with Crippen molar-refractivity contribution in [2.45, 2.75) is 63.6 Å². The van der Waals surface area contributed by atoms with Crippen molar-refractivity contribution in [1.29, 1.82) is 0 Å². The average molecular weight is 557 g/mol. The molecule has 0 spiro atoms. The maximum Gasteiger partial charge on any atom is 0.220 e. The zero-order chi connectivity index (χ0) is 28.1. The van der Waals surface area contributed by atoms with Crippen LogP contribution >= 0.6 is 11.8 Å². The Hall–Kier alpha value is -3.46. The standard InChI is InChI=1S/C32H36N4O3S/c1-22-16-18-25(19-17-22)30-34-35-31(36(30)27-14-9-8-11-23(27)2)40-20-10-15-28(37)33-26-21-38-32(3,4)39-29(26)24-12-6-5-7-13-24/h5-9,11-14,16-19,26,29H,10,15,20-21H2,1-4H3,(H,33,37). The number of carbonyl (C=O) groups excluding carboxylic acids is 1. The Morgan fingerprint density at radius 2 is 1.73 bits per heavy atom. The van der Waals surface area contributed by atoms with Crippen LogP contribution in [0.1, 0.15) is 49.5 Å². The second-order valence-corrected chi connectivity index (χ2v) is 11.6. The van der Waals surface area contributed by atoms with E-state index in [0.717, 1.165) is 39.1 Å². The number of benzene rings is 3. The van der Waals surface area contributed by atoms with Crippen molar-refractivity contribution in [3.8, 4) is 17.1 Å². The predicted molar refractivity (Wildman–Crippen MR) is 158 cm³/mol. The predicted octanol–water partition coefficient (Wildman–Crippen LogP) is 6.43. The van der Waals surface area contributed by atoms with E-state index in [1.165, 1.54) is 5.56 Å². The summed E-state index contributed by atoms with van der Waals surface area (Å²) in [5.41, 5.74) is 5.43. The molecule has 4 aromatic rings. The van der Waals surface area contributed by atoms with Gasteiger partial charge in [0, 0.05) is 17.7 Å². The Bertz CT molecular complexity index is 1440. The van der Waals surface area contributed by atoms with Crippen molar-refractivity contribution in [3.05, 3.63) is 95.6 Å². The number of aryl methyl sites for hydroxylation is 2. The van der Waals surface area contributed by atoms with E-state index in [1.807, 2.05) is 56.3 Å². The van der Waals surface area contributed by atoms with Crippen LogP contribution in [0.25, 0.3) is 17.1 Å². The lowest BCUT2D eigenvalue weighted by Gasteiger charge is -2.41. The van der Waals surface area contributed by atoms with Crippen LogP contribution in [-0.2, 0) is 14.3 Å². The van der Waals surface area contributed by atoms with Gasteiger partial charge in [0.25, 0.3) is 0 Å². The van der Waals surface area contributed by atoms with E-state index >= 15 is 0 Å². The normalized spacial score (nSPS) is 18.4. The third-order valence-electron chi connectivity index (χ3n) is 6.94. The molecule has 1 N–H and O–H groups in total. The van der Waals surface area contributed by atoms with Crippen LogP contribution in [0, 0.1) is 13.8 Å². The van der Waals surface area contributed by atoms with Crippen LogP contribution in [0.5, 0.6) is 0 Å². The Labute approximate surface area is 240 Å². The average Bonchev–Trinajstić information content (AvgIpc) is 3.36. The van der Waals surface area contributed by atoms with Crippen molar-refractivity contribution >= 4 is 17.7 Å². The van der Waals surface area contributed by atoms with Crippen LogP contribution < -0.4 is 5.32 Å². The number of rotatable bonds is 9. The van der Waals surface area contributed by atoms with Gasteiger partial charge < -0.3 is 14.8 Å². The Balaban J connectivity index is 1.23. The molecule has 5 rings (SSSR count). The molecule has 8 heteroatoms. The summed E-state index contributed by atoms with van der Waals surface area (Å²) in [5, 5.41) is 13.1. The lowest BCUT2D eigenvalue weighted by atomic mass is 10.0. The molecule has 1 fully saturated rings. The van der Waals surface area contributed by atoms with Crippen molar-refractivity contribution in [2.24, 2.45) is 0 Å². The van der Waals surface area contributed by atoms with Gasteiger partial charge in [-0.3, -0.25) is 9.36 Å². The van der Waals surface area contributed by atoms with Crippen LogP contribution in [0.2, 0.25) is 0 Å². The maximum absolute atomic E-state index is 12.9. The molecule has 0 radical (unpaired) electrons. The first-order valence-corrected chi connectivity index (χ1v) is 14.7. The molecular weight excluding hydrogens is 520 g/mol. The van der Waals surface area contributed by atoms with E-state index in [0.29, 0.717) is 19.4 Å². The molecule has 0 aliphatic carbocycles. The van der Waals surface area contributed by atoms with E-state index in [1.54, 1.807) is 11.8 Å². The molecule has 1 aromatic heterocycles. The van der Waals surface area contributed by atoms with Crippen LogP contribution in [-0.4, -0.2) is 44.9 Å². The van der Waals surface area contributed by atoms with E-state index < -0.39 is 5.79 Å². The molecule has 3 aromatic carbocycles. The summed E-state index contributed by atoms with van der Waals surface area (Å²) >= 11 is 1.61. The molecule has 40 heavy (non-hydrogen) atoms. The smallest absolute Gasteiger partial charge is 0.220 e. The molecular formula is C32H36N4O3S. The zero-order valence-electron chi connectivity index (χ0n) is 23.5. The number of ether oxygens (including phenoxy) is 2. The highest BCUT2D eigenvalue weighted by Crippen LogP contribution is 2.33. The summed E-state index contributed by atoms with van der Waals surface area (Å²) in [6.45, 7) is 8.37. The minimum Gasteiger partial charge on any atom is -0.348 e. The van der Waals surface area contributed by atoms with Gasteiger partial charge in [0.2, 0.25) is 5.91 Å². The quantitative estimate of drug-likeness (QED) is 0.189. The Kier molecular flexibility index (Phi) is 8.69. The summed E-state index contributed by atoms with van der Waals surface area (Å²) in [6, 6.07) is 26.3. The molecule has 1 saturated heterocycles. The Morgan fingerprint density at radius 1 is 1.00 bits per heavy atom. The number of amides is 1. The first-order valence-electron chi connectivity index (χ1n) is 13.7. The molecule has 2 heterocycles. The van der Waals surface area contributed by atoms with Crippen LogP contribution in [0.3, 0.4) is 0 Å². The monoisotopic (exact) mass is 556 g/mol. The highest BCUT2D eigenvalue weighted by molar-refractivity contribution is 7.99. The van der Waals surface area contributed by atoms with E-state index in [9.17, 15) is 4.79 Å². The molecule has 0 saturated carbocycles. The van der Waals surface area contributed by atoms with E-state index in [-0.39, 0.29) is 18.1 Å². The topological polar surface area (TPSA) is 78.3 Å². The van der Waals surface area contributed by atoms with Gasteiger partial charge in [0.15, 0.2) is 16.8 Å². The second-order valence-electron chi connectivity index (χ2n) is 10.6. The van der Waals surface area contributed by atoms with Gasteiger partial charge in [0.1, 0.15) is 6.10 Å². The van der Waals surface area contributed by atoms with Gasteiger partial charge in [-0.1, -0.05) is 90.1 Å². The fraction of sp³-hybridized carbons (Fsp3) is 0.344. The van der Waals surface area contributed by atoms with Gasteiger partial charge in [-0.2, -0.15) is 0 Å². The van der Waals surface area contributed by atoms with E-state index in [4.69, 9.17) is 9.47 Å². The minimum absolute atomic E-state index is 0.0147. The number of hydrogen-bond donors (Lipinski definition) is 1. The van der Waals surface area contributed by atoms with Crippen molar-refractivity contribution in [3.63, 3.8) is 0 Å². The largest absolute Gasteiger partial charge is 0.348 e. The number of hydrogen-bond acceptors (Lipinski definition) is 6. The third-order valence-corrected chi connectivity index (χ3v) is 7.96. The van der Waals surface area contributed by atoms with Crippen molar-refractivity contribution in [2.75, 3.05) is 12.4 Å². The summed E-state index contributed by atoms with van der Waals surface area (Å²) in [5.74, 6) is 0.821. The highest BCUT2D eigenvalue weighted by atomic mass is 32.2. The molecule has 1 aliphatic heterocycles. The fourth-order valence-electron chi connectivity index (χ4n) is 4.82. The van der Waals surface area contributed by atoms with Gasteiger partial charge in [-0.15, -0.1) is 10.2 Å². The molecule has 2 atom stereocenters. The molecule has 208 valence electrons. The zero-order valence-corrected chi connectivity index (χ0v) is 24.3. The first-order chi connectivity index (χ1) is 19.3. The summed E-state index contributed by atoms with van der Waals surface area (Å²) in [6.07, 6.45) is 0.834. The fourth-order valence-corrected chi connectivity index (χ4v) is 5.70. The number of thioether (sulfide) groups is 1. The summed E-state index contributed by atoms with van der Waals surface area (Å²) < 4.78 is 14.2. The van der Waals surface area contributed by atoms with Gasteiger partial charge >= 0.3 is 0 Å². The number of nitrogens with one attached hydrogen (secondary N) is 1. The van der Waals surface area contributed by atoms with Crippen molar-refractivity contribution in [1.82, 2.24) is 20.1 Å². The van der Waals surface area contributed by atoms with Crippen LogP contribution in [0.15, 0.2) is 84.0 Å². The third kappa shape index (κ3) is 6.63. The van der Waals surface area contributed by atoms with Crippen molar-refractivity contribution < 1.29 is 14.3 Å². The second kappa shape index (κ2) is 12.4. The van der Waals surface area contributed by atoms with Crippen LogP contribution in [0.4, 0.5) is 0 Å². The highest BCUT2D eigenvalue weighted by Gasteiger charge is 2.38. The van der Waals surface area contributed by atoms with Gasteiger partial charge in [0.05, 0.1) is 18.3 Å². The number of aromatic nitrogens is 3. The number of para-hydroxylation sites is 1. The minimum atomic E-state index is -0.705. The molecule has 2 unspecified atom stereocenters.